The molecule has 0 bridgehead atoms. The number of rotatable bonds is 2. The molecule has 2 heterocycles. The van der Waals surface area contributed by atoms with Gasteiger partial charge in [0.2, 0.25) is 0 Å². The summed E-state index contributed by atoms with van der Waals surface area (Å²) in [5.41, 5.74) is 3.81. The third kappa shape index (κ3) is 3.06. The van der Waals surface area contributed by atoms with Crippen molar-refractivity contribution in [3.05, 3.63) is 64.7 Å². The molecule has 1 fully saturated rings. The van der Waals surface area contributed by atoms with E-state index < -0.39 is 0 Å². The molecule has 4 heteroatoms. The van der Waals surface area contributed by atoms with Gasteiger partial charge < -0.3 is 10.6 Å². The van der Waals surface area contributed by atoms with Crippen LogP contribution in [0.3, 0.4) is 0 Å². The van der Waals surface area contributed by atoms with Gasteiger partial charge in [0.1, 0.15) is 5.84 Å². The summed E-state index contributed by atoms with van der Waals surface area (Å²) < 4.78 is 0. The van der Waals surface area contributed by atoms with E-state index in [0.29, 0.717) is 0 Å². The Balaban J connectivity index is 1.68. The monoisotopic (exact) mass is 339 g/mol. The lowest BCUT2D eigenvalue weighted by molar-refractivity contribution is 0.293. The first-order chi connectivity index (χ1) is 11.8. The van der Waals surface area contributed by atoms with E-state index in [1.807, 2.05) is 12.1 Å². The zero-order valence-electron chi connectivity index (χ0n) is 13.7. The van der Waals surface area contributed by atoms with Crippen LogP contribution in [0.5, 0.6) is 0 Å². The maximum absolute atomic E-state index is 6.21. The molecule has 2 aromatic rings. The number of aliphatic imine (C=N–C) groups is 1. The SMILES string of the molecule is Clc1ccc2c(c1)CC1(CCNCC1)C(=NCc1ccccc1)N2. The standard InChI is InChI=1S/C20H22ClN3/c21-17-6-7-18-16(12-17)13-20(8-10-22-11-9-20)19(24-18)23-14-15-4-2-1-3-5-15/h1-7,12,22H,8-11,13-14H2,(H,23,24). The second kappa shape index (κ2) is 6.58. The molecule has 0 unspecified atom stereocenters. The Hall–Kier alpha value is -1.84. The van der Waals surface area contributed by atoms with Crippen molar-refractivity contribution in [1.82, 2.24) is 5.32 Å². The molecule has 0 amide bonds. The van der Waals surface area contributed by atoms with Crippen molar-refractivity contribution in [2.75, 3.05) is 18.4 Å². The number of nitrogens with zero attached hydrogens (tertiary/aromatic N) is 1. The van der Waals surface area contributed by atoms with Crippen LogP contribution in [0.25, 0.3) is 0 Å². The second-order valence-corrected chi connectivity index (χ2v) is 7.22. The zero-order chi connectivity index (χ0) is 16.4. The van der Waals surface area contributed by atoms with Crippen molar-refractivity contribution in [3.8, 4) is 0 Å². The van der Waals surface area contributed by atoms with E-state index in [2.05, 4.69) is 47.0 Å². The molecule has 124 valence electrons. The van der Waals surface area contributed by atoms with Gasteiger partial charge in [0, 0.05) is 16.1 Å². The largest absolute Gasteiger partial charge is 0.343 e. The molecule has 0 saturated carbocycles. The van der Waals surface area contributed by atoms with Crippen molar-refractivity contribution < 1.29 is 0 Å². The van der Waals surface area contributed by atoms with Crippen molar-refractivity contribution >= 4 is 23.1 Å². The van der Waals surface area contributed by atoms with Crippen LogP contribution in [0.2, 0.25) is 5.02 Å². The molecule has 24 heavy (non-hydrogen) atoms. The van der Waals surface area contributed by atoms with Crippen LogP contribution < -0.4 is 10.6 Å². The first-order valence-electron chi connectivity index (χ1n) is 8.60. The maximum Gasteiger partial charge on any atom is 0.108 e. The van der Waals surface area contributed by atoms with E-state index in [-0.39, 0.29) is 5.41 Å². The molecule has 0 atom stereocenters. The van der Waals surface area contributed by atoms with Crippen LogP contribution in [0, 0.1) is 5.41 Å². The number of anilines is 1. The molecular weight excluding hydrogens is 318 g/mol. The molecule has 1 saturated heterocycles. The fourth-order valence-corrected chi connectivity index (χ4v) is 4.01. The Morgan fingerprint density at radius 2 is 1.83 bits per heavy atom. The molecule has 2 aromatic carbocycles. The van der Waals surface area contributed by atoms with Gasteiger partial charge in [-0.15, -0.1) is 0 Å². The highest BCUT2D eigenvalue weighted by Crippen LogP contribution is 2.41. The minimum absolute atomic E-state index is 0.109. The van der Waals surface area contributed by atoms with E-state index in [4.69, 9.17) is 16.6 Å². The van der Waals surface area contributed by atoms with Crippen LogP contribution in [-0.2, 0) is 13.0 Å². The van der Waals surface area contributed by atoms with E-state index in [9.17, 15) is 0 Å². The van der Waals surface area contributed by atoms with Crippen LogP contribution in [0.15, 0.2) is 53.5 Å². The highest BCUT2D eigenvalue weighted by Gasteiger charge is 2.41. The van der Waals surface area contributed by atoms with Crippen molar-refractivity contribution in [1.29, 1.82) is 0 Å². The fraction of sp³-hybridized carbons (Fsp3) is 0.350. The molecule has 1 spiro atoms. The first-order valence-corrected chi connectivity index (χ1v) is 8.98. The lowest BCUT2D eigenvalue weighted by Gasteiger charge is -2.43. The van der Waals surface area contributed by atoms with Crippen molar-refractivity contribution in [3.63, 3.8) is 0 Å². The van der Waals surface area contributed by atoms with Crippen LogP contribution >= 0.6 is 11.6 Å². The minimum atomic E-state index is 0.109. The van der Waals surface area contributed by atoms with Gasteiger partial charge in [-0.3, -0.25) is 4.99 Å². The van der Waals surface area contributed by atoms with Gasteiger partial charge in [-0.25, -0.2) is 0 Å². The summed E-state index contributed by atoms with van der Waals surface area (Å²) in [4.78, 5) is 5.00. The Morgan fingerprint density at radius 3 is 2.62 bits per heavy atom. The van der Waals surface area contributed by atoms with Crippen LogP contribution in [0.4, 0.5) is 5.69 Å². The Bertz CT molecular complexity index is 749. The quantitative estimate of drug-likeness (QED) is 0.857. The van der Waals surface area contributed by atoms with Gasteiger partial charge in [-0.1, -0.05) is 41.9 Å². The molecule has 2 aliphatic heterocycles. The van der Waals surface area contributed by atoms with Gasteiger partial charge in [0.15, 0.2) is 0 Å². The van der Waals surface area contributed by atoms with E-state index in [1.54, 1.807) is 0 Å². The van der Waals surface area contributed by atoms with Gasteiger partial charge >= 0.3 is 0 Å². The van der Waals surface area contributed by atoms with Gasteiger partial charge in [-0.05, 0) is 61.7 Å². The van der Waals surface area contributed by atoms with Crippen molar-refractivity contribution in [2.45, 2.75) is 25.8 Å². The molecule has 0 aliphatic carbocycles. The minimum Gasteiger partial charge on any atom is -0.343 e. The summed E-state index contributed by atoms with van der Waals surface area (Å²) in [5.74, 6) is 1.14. The van der Waals surface area contributed by atoms with Gasteiger partial charge in [0.05, 0.1) is 6.54 Å². The summed E-state index contributed by atoms with van der Waals surface area (Å²) in [6, 6.07) is 16.6. The molecule has 4 rings (SSSR count). The number of fused-ring (bicyclic) bond motifs is 1. The van der Waals surface area contributed by atoms with Gasteiger partial charge in [-0.2, -0.15) is 0 Å². The van der Waals surface area contributed by atoms with E-state index in [1.165, 1.54) is 11.1 Å². The summed E-state index contributed by atoms with van der Waals surface area (Å²) >= 11 is 6.21. The average molecular weight is 340 g/mol. The van der Waals surface area contributed by atoms with Gasteiger partial charge in [0.25, 0.3) is 0 Å². The summed E-state index contributed by atoms with van der Waals surface area (Å²) in [5, 5.41) is 7.91. The lowest BCUT2D eigenvalue weighted by Crippen LogP contribution is -2.48. The normalized spacial score (nSPS) is 20.6. The molecule has 0 aromatic heterocycles. The first kappa shape index (κ1) is 15.7. The molecule has 3 nitrogen and oxygen atoms in total. The topological polar surface area (TPSA) is 36.4 Å². The number of piperidine rings is 1. The van der Waals surface area contributed by atoms with Crippen molar-refractivity contribution in [2.24, 2.45) is 10.4 Å². The highest BCUT2D eigenvalue weighted by atomic mass is 35.5. The van der Waals surface area contributed by atoms with E-state index in [0.717, 1.165) is 55.4 Å². The predicted molar refractivity (Wildman–Crippen MR) is 101 cm³/mol. The fourth-order valence-electron chi connectivity index (χ4n) is 3.82. The number of hydrogen-bond donors (Lipinski definition) is 2. The molecule has 2 aliphatic rings. The number of amidine groups is 1. The number of benzene rings is 2. The lowest BCUT2D eigenvalue weighted by atomic mass is 9.71. The molecule has 2 N–H and O–H groups in total. The molecular formula is C20H22ClN3. The van der Waals surface area contributed by atoms with E-state index >= 15 is 0 Å². The Kier molecular flexibility index (Phi) is 4.30. The number of nitrogens with one attached hydrogen (secondary N) is 2. The summed E-state index contributed by atoms with van der Waals surface area (Å²) in [6.45, 7) is 2.81. The Labute approximate surface area is 148 Å². The average Bonchev–Trinajstić information content (AvgIpc) is 2.61. The smallest absolute Gasteiger partial charge is 0.108 e. The molecule has 0 radical (unpaired) electrons. The number of hydrogen-bond acceptors (Lipinski definition) is 2. The zero-order valence-corrected chi connectivity index (χ0v) is 14.4. The summed E-state index contributed by atoms with van der Waals surface area (Å²) in [7, 11) is 0. The highest BCUT2D eigenvalue weighted by molar-refractivity contribution is 6.30. The Morgan fingerprint density at radius 1 is 1.04 bits per heavy atom. The predicted octanol–water partition coefficient (Wildman–Crippen LogP) is 4.28. The number of halogens is 1. The third-order valence-corrected chi connectivity index (χ3v) is 5.41. The maximum atomic E-state index is 6.21. The third-order valence-electron chi connectivity index (χ3n) is 5.17. The van der Waals surface area contributed by atoms with Crippen LogP contribution in [-0.4, -0.2) is 18.9 Å². The summed E-state index contributed by atoms with van der Waals surface area (Å²) in [6.07, 6.45) is 3.24. The van der Waals surface area contributed by atoms with Crippen LogP contribution in [0.1, 0.15) is 24.0 Å². The second-order valence-electron chi connectivity index (χ2n) is 6.78.